The van der Waals surface area contributed by atoms with Gasteiger partial charge in [0.2, 0.25) is 6.10 Å². The van der Waals surface area contributed by atoms with Crippen LogP contribution < -0.4 is 20.3 Å². The molecule has 2 amide bonds. The number of carbonyl (C=O) groups excluding carboxylic acids is 3. The summed E-state index contributed by atoms with van der Waals surface area (Å²) in [6.45, 7) is -0.720. The molecule has 3 rings (SSSR count). The molecular weight excluding hydrogens is 368 g/mol. The lowest BCUT2D eigenvalue weighted by Crippen LogP contribution is -2.51. The molecule has 1 heterocycles. The van der Waals surface area contributed by atoms with Crippen LogP contribution in [-0.4, -0.2) is 42.2 Å². The van der Waals surface area contributed by atoms with E-state index in [4.69, 9.17) is 19.3 Å². The van der Waals surface area contributed by atoms with Gasteiger partial charge in [-0.05, 0) is 29.8 Å². The molecule has 9 nitrogen and oxygen atoms in total. The summed E-state index contributed by atoms with van der Waals surface area (Å²) >= 11 is 0. The molecule has 0 bridgehead atoms. The highest BCUT2D eigenvalue weighted by Gasteiger charge is 2.27. The Morgan fingerprint density at radius 3 is 2.46 bits per heavy atom. The second-order valence-electron chi connectivity index (χ2n) is 5.83. The summed E-state index contributed by atoms with van der Waals surface area (Å²) in [5.74, 6) is -1.05. The first kappa shape index (κ1) is 19.2. The van der Waals surface area contributed by atoms with Crippen LogP contribution in [0.1, 0.15) is 15.9 Å². The first-order chi connectivity index (χ1) is 13.6. The molecular formula is C19H18N2O7. The normalized spacial score (nSPS) is 14.7. The van der Waals surface area contributed by atoms with E-state index in [0.29, 0.717) is 17.1 Å². The Kier molecular flexibility index (Phi) is 6.07. The Morgan fingerprint density at radius 2 is 1.75 bits per heavy atom. The van der Waals surface area contributed by atoms with Crippen LogP contribution in [0.4, 0.5) is 0 Å². The van der Waals surface area contributed by atoms with E-state index in [1.54, 1.807) is 36.4 Å². The maximum Gasteiger partial charge on any atom is 0.338 e. The number of nitrogens with one attached hydrogen (secondary N) is 2. The molecule has 0 saturated heterocycles. The molecule has 0 saturated carbocycles. The van der Waals surface area contributed by atoms with Crippen LogP contribution in [0.15, 0.2) is 48.5 Å². The van der Waals surface area contributed by atoms with Gasteiger partial charge in [-0.1, -0.05) is 24.3 Å². The van der Waals surface area contributed by atoms with Gasteiger partial charge in [0.25, 0.3) is 11.8 Å². The van der Waals surface area contributed by atoms with Crippen LogP contribution in [0.25, 0.3) is 0 Å². The summed E-state index contributed by atoms with van der Waals surface area (Å²) in [6.07, 6.45) is -0.928. The number of benzene rings is 2. The van der Waals surface area contributed by atoms with E-state index in [-0.39, 0.29) is 18.8 Å². The fraction of sp³-hybridized carbons (Fsp3) is 0.211. The smallest absolute Gasteiger partial charge is 0.338 e. The minimum atomic E-state index is -0.928. The zero-order valence-electron chi connectivity index (χ0n) is 14.7. The highest BCUT2D eigenvalue weighted by molar-refractivity contribution is 5.91. The van der Waals surface area contributed by atoms with E-state index in [9.17, 15) is 14.4 Å². The Morgan fingerprint density at radius 1 is 1.04 bits per heavy atom. The van der Waals surface area contributed by atoms with Crippen LogP contribution in [0.5, 0.6) is 11.5 Å². The van der Waals surface area contributed by atoms with Crippen molar-refractivity contribution >= 4 is 17.8 Å². The van der Waals surface area contributed by atoms with Gasteiger partial charge in [0.05, 0.1) is 12.2 Å². The first-order valence-electron chi connectivity index (χ1n) is 8.41. The minimum Gasteiger partial charge on any atom is -0.485 e. The van der Waals surface area contributed by atoms with Gasteiger partial charge in [0.1, 0.15) is 6.61 Å². The third-order valence-corrected chi connectivity index (χ3v) is 3.83. The number of hydrogen-bond donors (Lipinski definition) is 3. The van der Waals surface area contributed by atoms with Gasteiger partial charge in [-0.2, -0.15) is 0 Å². The number of esters is 1. The standard InChI is InChI=1S/C19H18N2O7/c22-9-12-5-7-13(8-6-12)19(25)27-11-17(23)20-21-18(24)16-10-26-14-3-1-2-4-15(14)28-16/h1-8,16,22H,9-11H2,(H,20,23)(H,21,24)/t16-/m1/s1. The van der Waals surface area contributed by atoms with E-state index in [1.165, 1.54) is 12.1 Å². The molecule has 9 heteroatoms. The van der Waals surface area contributed by atoms with Crippen LogP contribution in [0.3, 0.4) is 0 Å². The molecule has 3 N–H and O–H groups in total. The number of aliphatic hydroxyl groups is 1. The fourth-order valence-electron chi connectivity index (χ4n) is 2.36. The fourth-order valence-corrected chi connectivity index (χ4v) is 2.36. The summed E-state index contributed by atoms with van der Waals surface area (Å²) in [7, 11) is 0. The molecule has 0 unspecified atom stereocenters. The van der Waals surface area contributed by atoms with Crippen molar-refractivity contribution < 1.29 is 33.7 Å². The number of hydrogen-bond acceptors (Lipinski definition) is 7. The molecule has 1 aliphatic heterocycles. The van der Waals surface area contributed by atoms with Crippen molar-refractivity contribution in [2.24, 2.45) is 0 Å². The monoisotopic (exact) mass is 386 g/mol. The third kappa shape index (κ3) is 4.77. The topological polar surface area (TPSA) is 123 Å². The molecule has 0 aliphatic carbocycles. The highest BCUT2D eigenvalue weighted by atomic mass is 16.6. The number of aliphatic hydroxyl groups excluding tert-OH is 1. The van der Waals surface area contributed by atoms with Crippen molar-refractivity contribution in [1.29, 1.82) is 0 Å². The molecule has 2 aromatic carbocycles. The molecule has 0 radical (unpaired) electrons. The molecule has 0 spiro atoms. The Bertz CT molecular complexity index is 867. The molecule has 0 aromatic heterocycles. The number of ether oxygens (including phenoxy) is 3. The molecule has 1 atom stereocenters. The first-order valence-corrected chi connectivity index (χ1v) is 8.41. The lowest BCUT2D eigenvalue weighted by molar-refractivity contribution is -0.135. The van der Waals surface area contributed by atoms with Gasteiger partial charge < -0.3 is 19.3 Å². The average molecular weight is 386 g/mol. The van der Waals surface area contributed by atoms with E-state index < -0.39 is 30.5 Å². The Balaban J connectivity index is 1.41. The van der Waals surface area contributed by atoms with Crippen LogP contribution in [0.2, 0.25) is 0 Å². The van der Waals surface area contributed by atoms with Gasteiger partial charge >= 0.3 is 5.97 Å². The zero-order valence-corrected chi connectivity index (χ0v) is 14.7. The zero-order chi connectivity index (χ0) is 19.9. The van der Waals surface area contributed by atoms with Crippen molar-refractivity contribution in [2.45, 2.75) is 12.7 Å². The second kappa shape index (κ2) is 8.87. The molecule has 1 aliphatic rings. The Labute approximate surface area is 160 Å². The summed E-state index contributed by atoms with van der Waals surface area (Å²) in [5.41, 5.74) is 5.23. The van der Waals surface area contributed by atoms with E-state index in [2.05, 4.69) is 10.9 Å². The number of hydrazine groups is 1. The van der Waals surface area contributed by atoms with Gasteiger partial charge in [0, 0.05) is 0 Å². The van der Waals surface area contributed by atoms with Gasteiger partial charge in [0.15, 0.2) is 18.1 Å². The van der Waals surface area contributed by atoms with Crippen molar-refractivity contribution in [3.63, 3.8) is 0 Å². The minimum absolute atomic E-state index is 0.00244. The summed E-state index contributed by atoms with van der Waals surface area (Å²) in [6, 6.07) is 13.0. The van der Waals surface area contributed by atoms with E-state index >= 15 is 0 Å². The lowest BCUT2D eigenvalue weighted by Gasteiger charge is -2.25. The number of rotatable bonds is 5. The van der Waals surface area contributed by atoms with Crippen molar-refractivity contribution in [3.05, 3.63) is 59.7 Å². The van der Waals surface area contributed by atoms with Gasteiger partial charge in [-0.15, -0.1) is 0 Å². The maximum atomic E-state index is 12.1. The van der Waals surface area contributed by atoms with Crippen LogP contribution in [-0.2, 0) is 20.9 Å². The van der Waals surface area contributed by atoms with Crippen molar-refractivity contribution in [2.75, 3.05) is 13.2 Å². The number of carbonyl (C=O) groups is 3. The molecule has 2 aromatic rings. The van der Waals surface area contributed by atoms with Crippen molar-refractivity contribution in [1.82, 2.24) is 10.9 Å². The molecule has 0 fully saturated rings. The number of amides is 2. The molecule has 28 heavy (non-hydrogen) atoms. The largest absolute Gasteiger partial charge is 0.485 e. The summed E-state index contributed by atoms with van der Waals surface area (Å²) in [4.78, 5) is 35.7. The third-order valence-electron chi connectivity index (χ3n) is 3.83. The van der Waals surface area contributed by atoms with Crippen LogP contribution in [0, 0.1) is 0 Å². The predicted octanol–water partition coefficient (Wildman–Crippen LogP) is 0.323. The second-order valence-corrected chi connectivity index (χ2v) is 5.83. The maximum absolute atomic E-state index is 12.1. The van der Waals surface area contributed by atoms with E-state index in [0.717, 1.165) is 0 Å². The van der Waals surface area contributed by atoms with Gasteiger partial charge in [-0.25, -0.2) is 4.79 Å². The SMILES string of the molecule is O=C(COC(=O)c1ccc(CO)cc1)NNC(=O)[C@H]1COc2ccccc2O1. The van der Waals surface area contributed by atoms with Gasteiger partial charge in [-0.3, -0.25) is 20.4 Å². The highest BCUT2D eigenvalue weighted by Crippen LogP contribution is 2.30. The summed E-state index contributed by atoms with van der Waals surface area (Å²) < 4.78 is 15.8. The summed E-state index contributed by atoms with van der Waals surface area (Å²) in [5, 5.41) is 8.97. The predicted molar refractivity (Wildman–Crippen MR) is 95.3 cm³/mol. The lowest BCUT2D eigenvalue weighted by atomic mass is 10.1. The number of fused-ring (bicyclic) bond motifs is 1. The van der Waals surface area contributed by atoms with Crippen molar-refractivity contribution in [3.8, 4) is 11.5 Å². The van der Waals surface area contributed by atoms with Crippen LogP contribution >= 0.6 is 0 Å². The molecule has 146 valence electrons. The number of para-hydroxylation sites is 2. The quantitative estimate of drug-likeness (QED) is 0.500. The Hall–Kier alpha value is -3.59. The van der Waals surface area contributed by atoms with E-state index in [1.807, 2.05) is 0 Å². The average Bonchev–Trinajstić information content (AvgIpc) is 2.75.